The monoisotopic (exact) mass is 446 g/mol. The van der Waals surface area contributed by atoms with Crippen LogP contribution in [-0.2, 0) is 0 Å². The molecule has 0 saturated carbocycles. The van der Waals surface area contributed by atoms with E-state index in [1.165, 1.54) is 0 Å². The zero-order valence-corrected chi connectivity index (χ0v) is 14.3. The fourth-order valence-electron chi connectivity index (χ4n) is 1.41. The summed E-state index contributed by atoms with van der Waals surface area (Å²) < 4.78 is 2.65. The van der Waals surface area contributed by atoms with Gasteiger partial charge in [0.15, 0.2) is 0 Å². The molecule has 0 aromatic heterocycles. The van der Waals surface area contributed by atoms with Crippen LogP contribution in [0.5, 0.6) is 0 Å². The summed E-state index contributed by atoms with van der Waals surface area (Å²) in [6, 6.07) is 12.8. The molecule has 0 atom stereocenters. The van der Waals surface area contributed by atoms with E-state index in [1.54, 1.807) is 12.1 Å². The molecule has 2 aromatic rings. The van der Waals surface area contributed by atoms with Gasteiger partial charge in [-0.15, -0.1) is 0 Å². The molecule has 2 N–H and O–H groups in total. The van der Waals surface area contributed by atoms with Crippen molar-refractivity contribution in [1.29, 1.82) is 0 Å². The molecule has 3 nitrogen and oxygen atoms in total. The summed E-state index contributed by atoms with van der Waals surface area (Å²) in [7, 11) is 0. The van der Waals surface area contributed by atoms with Gasteiger partial charge in [-0.3, -0.25) is 15.6 Å². The second-order valence-electron chi connectivity index (χ2n) is 3.68. The minimum atomic E-state index is -0.199. The van der Waals surface area contributed by atoms with E-state index in [4.69, 9.17) is 0 Å². The highest BCUT2D eigenvalue weighted by molar-refractivity contribution is 9.11. The average molecular weight is 449 g/mol. The smallest absolute Gasteiger partial charge is 0.269 e. The largest absolute Gasteiger partial charge is 0.296 e. The summed E-state index contributed by atoms with van der Waals surface area (Å²) in [5.41, 5.74) is 6.89. The molecule has 19 heavy (non-hydrogen) atoms. The third-order valence-electron chi connectivity index (χ3n) is 2.37. The molecule has 0 radical (unpaired) electrons. The van der Waals surface area contributed by atoms with Crippen molar-refractivity contribution in [2.24, 2.45) is 0 Å². The summed E-state index contributed by atoms with van der Waals surface area (Å²) >= 11 is 10.2. The molecule has 2 aromatic carbocycles. The van der Waals surface area contributed by atoms with Gasteiger partial charge in [0.2, 0.25) is 0 Å². The van der Waals surface area contributed by atoms with Crippen molar-refractivity contribution in [3.05, 3.63) is 61.4 Å². The second kappa shape index (κ2) is 6.54. The first-order chi connectivity index (χ1) is 9.08. The van der Waals surface area contributed by atoms with E-state index in [0.717, 1.165) is 19.1 Å². The predicted molar refractivity (Wildman–Crippen MR) is 87.1 cm³/mol. The van der Waals surface area contributed by atoms with Crippen LogP contribution >= 0.6 is 47.8 Å². The number of carbonyl (C=O) groups is 1. The minimum Gasteiger partial charge on any atom is -0.296 e. The van der Waals surface area contributed by atoms with Crippen LogP contribution in [-0.4, -0.2) is 5.91 Å². The van der Waals surface area contributed by atoms with Crippen LogP contribution in [0.15, 0.2) is 55.9 Å². The fourth-order valence-corrected chi connectivity index (χ4v) is 2.87. The highest BCUT2D eigenvalue weighted by atomic mass is 79.9. The van der Waals surface area contributed by atoms with Crippen molar-refractivity contribution >= 4 is 59.4 Å². The van der Waals surface area contributed by atoms with Crippen molar-refractivity contribution in [2.75, 3.05) is 5.43 Å². The number of nitrogens with one attached hydrogen (secondary N) is 2. The molecule has 0 fully saturated rings. The minimum absolute atomic E-state index is 0.199. The number of para-hydroxylation sites is 1. The van der Waals surface area contributed by atoms with Crippen LogP contribution in [0, 0.1) is 0 Å². The SMILES string of the molecule is O=C(NNc1c(Br)cccc1Br)c1ccc(Br)cc1. The zero-order chi connectivity index (χ0) is 13.8. The number of benzene rings is 2. The second-order valence-corrected chi connectivity index (χ2v) is 6.31. The maximum absolute atomic E-state index is 11.9. The third-order valence-corrected chi connectivity index (χ3v) is 4.22. The van der Waals surface area contributed by atoms with Gasteiger partial charge in [0.05, 0.1) is 5.69 Å². The van der Waals surface area contributed by atoms with Crippen molar-refractivity contribution in [3.63, 3.8) is 0 Å². The summed E-state index contributed by atoms with van der Waals surface area (Å²) in [6.07, 6.45) is 0. The molecular formula is C13H9Br3N2O. The van der Waals surface area contributed by atoms with Crippen LogP contribution < -0.4 is 10.9 Å². The lowest BCUT2D eigenvalue weighted by atomic mass is 10.2. The Morgan fingerprint density at radius 2 is 1.47 bits per heavy atom. The lowest BCUT2D eigenvalue weighted by Crippen LogP contribution is -2.29. The Morgan fingerprint density at radius 1 is 0.895 bits per heavy atom. The van der Waals surface area contributed by atoms with Crippen molar-refractivity contribution in [2.45, 2.75) is 0 Å². The molecule has 0 unspecified atom stereocenters. The molecule has 0 spiro atoms. The summed E-state index contributed by atoms with van der Waals surface area (Å²) in [5, 5.41) is 0. The van der Waals surface area contributed by atoms with E-state index in [0.29, 0.717) is 5.56 Å². The number of hydrogen-bond donors (Lipinski definition) is 2. The van der Waals surface area contributed by atoms with Gasteiger partial charge in [-0.25, -0.2) is 0 Å². The van der Waals surface area contributed by atoms with Gasteiger partial charge in [0.25, 0.3) is 5.91 Å². The standard InChI is InChI=1S/C13H9Br3N2O/c14-9-6-4-8(5-7-9)13(19)18-17-12-10(15)2-1-3-11(12)16/h1-7,17H,(H,18,19). The van der Waals surface area contributed by atoms with E-state index in [2.05, 4.69) is 58.6 Å². The third kappa shape index (κ3) is 3.81. The van der Waals surface area contributed by atoms with E-state index >= 15 is 0 Å². The number of anilines is 1. The lowest BCUT2D eigenvalue weighted by molar-refractivity contribution is 0.0962. The Hall–Kier alpha value is -0.850. The van der Waals surface area contributed by atoms with E-state index in [-0.39, 0.29) is 5.91 Å². The van der Waals surface area contributed by atoms with Crippen LogP contribution in [0.25, 0.3) is 0 Å². The van der Waals surface area contributed by atoms with E-state index < -0.39 is 0 Å². The molecule has 6 heteroatoms. The molecule has 98 valence electrons. The van der Waals surface area contributed by atoms with Gasteiger partial charge in [0, 0.05) is 19.0 Å². The van der Waals surface area contributed by atoms with Gasteiger partial charge >= 0.3 is 0 Å². The summed E-state index contributed by atoms with van der Waals surface area (Å²) in [5.74, 6) is -0.199. The van der Waals surface area contributed by atoms with Gasteiger partial charge in [0.1, 0.15) is 0 Å². The first kappa shape index (κ1) is 14.6. The number of halogens is 3. The molecule has 0 aliphatic carbocycles. The van der Waals surface area contributed by atoms with Crippen molar-refractivity contribution < 1.29 is 4.79 Å². The highest BCUT2D eigenvalue weighted by Gasteiger charge is 2.07. The first-order valence-electron chi connectivity index (χ1n) is 5.34. The van der Waals surface area contributed by atoms with Gasteiger partial charge in [-0.05, 0) is 68.3 Å². The number of hydrazine groups is 1. The van der Waals surface area contributed by atoms with Gasteiger partial charge < -0.3 is 0 Å². The van der Waals surface area contributed by atoms with Gasteiger partial charge in [-0.1, -0.05) is 22.0 Å². The van der Waals surface area contributed by atoms with E-state index in [9.17, 15) is 4.79 Å². The van der Waals surface area contributed by atoms with Crippen molar-refractivity contribution in [3.8, 4) is 0 Å². The van der Waals surface area contributed by atoms with E-state index in [1.807, 2.05) is 30.3 Å². The first-order valence-corrected chi connectivity index (χ1v) is 7.72. The van der Waals surface area contributed by atoms with Gasteiger partial charge in [-0.2, -0.15) is 0 Å². The molecule has 0 heterocycles. The Kier molecular flexibility index (Phi) is 5.01. The number of carbonyl (C=O) groups excluding carboxylic acids is 1. The normalized spacial score (nSPS) is 10.1. The number of hydrogen-bond acceptors (Lipinski definition) is 2. The lowest BCUT2D eigenvalue weighted by Gasteiger charge is -2.11. The van der Waals surface area contributed by atoms with Crippen LogP contribution in [0.4, 0.5) is 5.69 Å². The average Bonchev–Trinajstić information content (AvgIpc) is 2.38. The predicted octanol–water partition coefficient (Wildman–Crippen LogP) is 4.73. The van der Waals surface area contributed by atoms with Crippen molar-refractivity contribution in [1.82, 2.24) is 5.43 Å². The zero-order valence-electron chi connectivity index (χ0n) is 9.58. The molecule has 0 aliphatic heterocycles. The Balaban J connectivity index is 2.06. The highest BCUT2D eigenvalue weighted by Crippen LogP contribution is 2.29. The summed E-state index contributed by atoms with van der Waals surface area (Å²) in [6.45, 7) is 0. The quantitative estimate of drug-likeness (QED) is 0.666. The van der Waals surface area contributed by atoms with Crippen LogP contribution in [0.2, 0.25) is 0 Å². The topological polar surface area (TPSA) is 41.1 Å². The molecular weight excluding hydrogens is 440 g/mol. The van der Waals surface area contributed by atoms with Crippen LogP contribution in [0.1, 0.15) is 10.4 Å². The molecule has 0 aliphatic rings. The fraction of sp³-hybridized carbons (Fsp3) is 0. The number of amides is 1. The molecule has 0 saturated heterocycles. The number of rotatable bonds is 3. The Bertz CT molecular complexity index is 579. The summed E-state index contributed by atoms with van der Waals surface area (Å²) in [4.78, 5) is 11.9. The maximum atomic E-state index is 11.9. The molecule has 2 rings (SSSR count). The Labute approximate surface area is 136 Å². The Morgan fingerprint density at radius 3 is 2.05 bits per heavy atom. The molecule has 1 amide bonds. The maximum Gasteiger partial charge on any atom is 0.269 e. The molecule has 0 bridgehead atoms. The van der Waals surface area contributed by atoms with Crippen LogP contribution in [0.3, 0.4) is 0 Å².